The largest absolute Gasteiger partial charge is 0.464 e. The normalized spacial score (nSPS) is 11.4. The number of hydrogen-bond acceptors (Lipinski definition) is 3. The number of nitrogens with one attached hydrogen (secondary N) is 1. The Morgan fingerprint density at radius 3 is 2.09 bits per heavy atom. The first-order chi connectivity index (χ1) is 11.0. The van der Waals surface area contributed by atoms with Crippen LogP contribution in [0.15, 0.2) is 60.3 Å². The van der Waals surface area contributed by atoms with Crippen molar-refractivity contribution >= 4 is 17.4 Å². The predicted molar refractivity (Wildman–Crippen MR) is 89.7 cm³/mol. The van der Waals surface area contributed by atoms with Crippen molar-refractivity contribution in [3.8, 4) is 0 Å². The van der Waals surface area contributed by atoms with E-state index < -0.39 is 5.97 Å². The molecule has 2 aromatic carbocycles. The highest BCUT2D eigenvalue weighted by Gasteiger charge is 2.18. The Hall–Kier alpha value is -2.88. The molecule has 0 heterocycles. The minimum absolute atomic E-state index is 0.144. The lowest BCUT2D eigenvalue weighted by molar-refractivity contribution is -0.136. The fourth-order valence-corrected chi connectivity index (χ4v) is 2.12. The van der Waals surface area contributed by atoms with Crippen molar-refractivity contribution in [1.29, 1.82) is 0 Å². The first-order valence-corrected chi connectivity index (χ1v) is 7.25. The van der Waals surface area contributed by atoms with Gasteiger partial charge in [-0.3, -0.25) is 4.79 Å². The van der Waals surface area contributed by atoms with Gasteiger partial charge in [0.2, 0.25) is 0 Å². The van der Waals surface area contributed by atoms with E-state index in [1.54, 1.807) is 31.2 Å². The molecule has 0 aliphatic rings. The van der Waals surface area contributed by atoms with Gasteiger partial charge in [-0.15, -0.1) is 0 Å². The number of rotatable bonds is 4. The Balaban J connectivity index is 2.37. The molecule has 2 aromatic rings. The molecule has 0 aromatic heterocycles. The first kappa shape index (κ1) is 16.5. The summed E-state index contributed by atoms with van der Waals surface area (Å²) >= 11 is 0. The summed E-state index contributed by atoms with van der Waals surface area (Å²) in [6, 6.07) is 16.4. The zero-order valence-corrected chi connectivity index (χ0v) is 13.4. The molecule has 0 saturated heterocycles. The molecule has 4 nitrogen and oxygen atoms in total. The number of benzene rings is 2. The van der Waals surface area contributed by atoms with Gasteiger partial charge in [0.15, 0.2) is 0 Å². The monoisotopic (exact) mass is 309 g/mol. The van der Waals surface area contributed by atoms with E-state index in [1.807, 2.05) is 37.3 Å². The van der Waals surface area contributed by atoms with Crippen molar-refractivity contribution in [3.63, 3.8) is 0 Å². The summed E-state index contributed by atoms with van der Waals surface area (Å²) < 4.78 is 4.80. The van der Waals surface area contributed by atoms with Crippen LogP contribution in [-0.4, -0.2) is 19.0 Å². The van der Waals surface area contributed by atoms with Crippen molar-refractivity contribution in [2.24, 2.45) is 0 Å². The Kier molecular flexibility index (Phi) is 5.31. The van der Waals surface area contributed by atoms with Gasteiger partial charge in [-0.25, -0.2) is 4.79 Å². The second kappa shape index (κ2) is 7.40. The third-order valence-corrected chi connectivity index (χ3v) is 3.52. The van der Waals surface area contributed by atoms with Gasteiger partial charge < -0.3 is 10.1 Å². The molecule has 0 aliphatic heterocycles. The smallest absolute Gasteiger partial charge is 0.354 e. The van der Waals surface area contributed by atoms with Crippen LogP contribution in [0, 0.1) is 6.92 Å². The van der Waals surface area contributed by atoms with Gasteiger partial charge >= 0.3 is 5.97 Å². The molecule has 0 bridgehead atoms. The molecule has 118 valence electrons. The maximum absolute atomic E-state index is 12.3. The summed E-state index contributed by atoms with van der Waals surface area (Å²) in [5.74, 6) is -0.926. The van der Waals surface area contributed by atoms with Crippen molar-refractivity contribution in [3.05, 3.63) is 77.0 Å². The van der Waals surface area contributed by atoms with Gasteiger partial charge in [0, 0.05) is 5.56 Å². The molecule has 0 spiro atoms. The van der Waals surface area contributed by atoms with Crippen LogP contribution in [0.4, 0.5) is 0 Å². The number of hydrogen-bond donors (Lipinski definition) is 1. The van der Waals surface area contributed by atoms with E-state index in [0.29, 0.717) is 11.1 Å². The lowest BCUT2D eigenvalue weighted by Crippen LogP contribution is -2.29. The second-order valence-corrected chi connectivity index (χ2v) is 5.18. The summed E-state index contributed by atoms with van der Waals surface area (Å²) in [6.07, 6.45) is 0. The summed E-state index contributed by atoms with van der Waals surface area (Å²) in [4.78, 5) is 24.4. The maximum Gasteiger partial charge on any atom is 0.354 e. The molecule has 0 radical (unpaired) electrons. The van der Waals surface area contributed by atoms with E-state index in [9.17, 15) is 9.59 Å². The van der Waals surface area contributed by atoms with Gasteiger partial charge in [-0.1, -0.05) is 48.0 Å². The van der Waals surface area contributed by atoms with E-state index >= 15 is 0 Å². The summed E-state index contributed by atoms with van der Waals surface area (Å²) in [5, 5.41) is 2.66. The van der Waals surface area contributed by atoms with Crippen LogP contribution in [0.5, 0.6) is 0 Å². The van der Waals surface area contributed by atoms with Crippen LogP contribution in [0.25, 0.3) is 5.57 Å². The SMILES string of the molecule is COC(=O)C(NC(=O)c1ccccc1)=C(C)c1ccc(C)cc1. The molecule has 0 aliphatic carbocycles. The topological polar surface area (TPSA) is 55.4 Å². The highest BCUT2D eigenvalue weighted by molar-refractivity contribution is 6.05. The number of aryl methyl sites for hydroxylation is 1. The number of carbonyl (C=O) groups excluding carboxylic acids is 2. The molecule has 23 heavy (non-hydrogen) atoms. The average molecular weight is 309 g/mol. The van der Waals surface area contributed by atoms with Crippen LogP contribution >= 0.6 is 0 Å². The number of esters is 1. The first-order valence-electron chi connectivity index (χ1n) is 7.25. The van der Waals surface area contributed by atoms with Crippen LogP contribution in [0.1, 0.15) is 28.4 Å². The fraction of sp³-hybridized carbons (Fsp3) is 0.158. The van der Waals surface area contributed by atoms with Crippen LogP contribution in [-0.2, 0) is 9.53 Å². The summed E-state index contributed by atoms with van der Waals surface area (Å²) in [6.45, 7) is 3.77. The van der Waals surface area contributed by atoms with E-state index in [0.717, 1.165) is 11.1 Å². The Labute approximate surface area is 135 Å². The van der Waals surface area contributed by atoms with Crippen molar-refractivity contribution in [2.45, 2.75) is 13.8 Å². The number of ether oxygens (including phenoxy) is 1. The standard InChI is InChI=1S/C19H19NO3/c1-13-9-11-15(12-10-13)14(2)17(19(22)23-3)20-18(21)16-7-5-4-6-8-16/h4-12H,1-3H3,(H,20,21). The minimum Gasteiger partial charge on any atom is -0.464 e. The van der Waals surface area contributed by atoms with Crippen LogP contribution < -0.4 is 5.32 Å². The quantitative estimate of drug-likeness (QED) is 0.696. The van der Waals surface area contributed by atoms with Crippen LogP contribution in [0.2, 0.25) is 0 Å². The lowest BCUT2D eigenvalue weighted by atomic mass is 10.0. The molecule has 1 N–H and O–H groups in total. The lowest BCUT2D eigenvalue weighted by Gasteiger charge is -2.12. The van der Waals surface area contributed by atoms with Gasteiger partial charge in [0.05, 0.1) is 7.11 Å². The van der Waals surface area contributed by atoms with Crippen LogP contribution in [0.3, 0.4) is 0 Å². The molecular weight excluding hydrogens is 290 g/mol. The van der Waals surface area contributed by atoms with Crippen molar-refractivity contribution in [1.82, 2.24) is 5.32 Å². The Morgan fingerprint density at radius 1 is 0.913 bits per heavy atom. The average Bonchev–Trinajstić information content (AvgIpc) is 2.59. The third-order valence-electron chi connectivity index (χ3n) is 3.52. The van der Waals surface area contributed by atoms with E-state index in [-0.39, 0.29) is 11.6 Å². The maximum atomic E-state index is 12.3. The number of carbonyl (C=O) groups is 2. The van der Waals surface area contributed by atoms with Crippen molar-refractivity contribution < 1.29 is 14.3 Å². The summed E-state index contributed by atoms with van der Waals surface area (Å²) in [5.41, 5.74) is 3.25. The van der Waals surface area contributed by atoms with E-state index in [1.165, 1.54) is 7.11 Å². The van der Waals surface area contributed by atoms with Gasteiger partial charge in [0.1, 0.15) is 5.70 Å². The molecule has 4 heteroatoms. The molecule has 1 amide bonds. The molecule has 0 saturated carbocycles. The zero-order chi connectivity index (χ0) is 16.8. The molecule has 0 fully saturated rings. The molecule has 0 atom stereocenters. The number of allylic oxidation sites excluding steroid dienone is 1. The Bertz CT molecular complexity index is 731. The number of amides is 1. The second-order valence-electron chi connectivity index (χ2n) is 5.18. The van der Waals surface area contributed by atoms with E-state index in [2.05, 4.69) is 5.32 Å². The molecule has 2 rings (SSSR count). The van der Waals surface area contributed by atoms with E-state index in [4.69, 9.17) is 4.74 Å². The van der Waals surface area contributed by atoms with Gasteiger partial charge in [0.25, 0.3) is 5.91 Å². The zero-order valence-electron chi connectivity index (χ0n) is 13.4. The molecular formula is C19H19NO3. The summed E-state index contributed by atoms with van der Waals surface area (Å²) in [7, 11) is 1.29. The molecule has 0 unspecified atom stereocenters. The Morgan fingerprint density at radius 2 is 1.52 bits per heavy atom. The van der Waals surface area contributed by atoms with Gasteiger partial charge in [-0.2, -0.15) is 0 Å². The minimum atomic E-state index is -0.577. The third kappa shape index (κ3) is 4.07. The number of methoxy groups -OCH3 is 1. The predicted octanol–water partition coefficient (Wildman–Crippen LogP) is 3.33. The van der Waals surface area contributed by atoms with Gasteiger partial charge in [-0.05, 0) is 37.1 Å². The highest BCUT2D eigenvalue weighted by Crippen LogP contribution is 2.19. The van der Waals surface area contributed by atoms with Crippen molar-refractivity contribution in [2.75, 3.05) is 7.11 Å². The fourth-order valence-electron chi connectivity index (χ4n) is 2.12. The highest BCUT2D eigenvalue weighted by atomic mass is 16.5.